The Balaban J connectivity index is 1.58. The van der Waals surface area contributed by atoms with E-state index in [2.05, 4.69) is 0 Å². The summed E-state index contributed by atoms with van der Waals surface area (Å²) in [6, 6.07) is 8.71. The van der Waals surface area contributed by atoms with Crippen LogP contribution in [0.3, 0.4) is 0 Å². The quantitative estimate of drug-likeness (QED) is 0.493. The minimum absolute atomic E-state index is 0.0325. The SMILES string of the molecule is O=C1/C(=C\c2cccs2)Oc2cc(OC(=O)C3CC3)ccc21. The van der Waals surface area contributed by atoms with Gasteiger partial charge >= 0.3 is 5.97 Å². The second-order valence-corrected chi connectivity index (χ2v) is 6.29. The van der Waals surface area contributed by atoms with Crippen molar-refractivity contribution in [2.45, 2.75) is 12.8 Å². The summed E-state index contributed by atoms with van der Waals surface area (Å²) in [5.74, 6) is 0.824. The van der Waals surface area contributed by atoms with Gasteiger partial charge < -0.3 is 9.47 Å². The number of benzene rings is 1. The van der Waals surface area contributed by atoms with E-state index in [-0.39, 0.29) is 17.7 Å². The number of carbonyl (C=O) groups is 2. The first kappa shape index (κ1) is 13.3. The Morgan fingerprint density at radius 1 is 1.32 bits per heavy atom. The lowest BCUT2D eigenvalue weighted by molar-refractivity contribution is -0.135. The minimum Gasteiger partial charge on any atom is -0.452 e. The molecule has 0 unspecified atom stereocenters. The zero-order valence-corrected chi connectivity index (χ0v) is 12.4. The van der Waals surface area contributed by atoms with Gasteiger partial charge in [-0.1, -0.05) is 6.07 Å². The summed E-state index contributed by atoms with van der Waals surface area (Å²) in [5, 5.41) is 1.94. The van der Waals surface area contributed by atoms with E-state index in [1.165, 1.54) is 11.3 Å². The highest BCUT2D eigenvalue weighted by Gasteiger charge is 2.32. The van der Waals surface area contributed by atoms with Crippen LogP contribution < -0.4 is 9.47 Å². The van der Waals surface area contributed by atoms with E-state index in [0.717, 1.165) is 17.7 Å². The first-order chi connectivity index (χ1) is 10.7. The molecular weight excluding hydrogens is 300 g/mol. The molecular formula is C17H12O4S. The van der Waals surface area contributed by atoms with Crippen molar-refractivity contribution in [3.05, 3.63) is 51.9 Å². The Morgan fingerprint density at radius 3 is 2.91 bits per heavy atom. The molecule has 0 N–H and O–H groups in total. The Kier molecular flexibility index (Phi) is 3.08. The second kappa shape index (κ2) is 5.10. The van der Waals surface area contributed by atoms with Crippen LogP contribution >= 0.6 is 11.3 Å². The molecule has 0 atom stereocenters. The van der Waals surface area contributed by atoms with Crippen molar-refractivity contribution < 1.29 is 19.1 Å². The van der Waals surface area contributed by atoms with Gasteiger partial charge in [0.2, 0.25) is 5.78 Å². The standard InChI is InChI=1S/C17H12O4S/c18-16-13-6-5-11(20-17(19)10-3-4-10)8-14(13)21-15(16)9-12-2-1-7-22-12/h1-2,5-10H,3-4H2/b15-9+. The van der Waals surface area contributed by atoms with Crippen LogP contribution in [0, 0.1) is 5.92 Å². The molecule has 5 heteroatoms. The van der Waals surface area contributed by atoms with Crippen molar-refractivity contribution in [1.29, 1.82) is 0 Å². The average molecular weight is 312 g/mol. The molecule has 0 amide bonds. The molecule has 4 nitrogen and oxygen atoms in total. The number of hydrogen-bond donors (Lipinski definition) is 0. The summed E-state index contributed by atoms with van der Waals surface area (Å²) in [6.45, 7) is 0. The van der Waals surface area contributed by atoms with Gasteiger partial charge in [-0.05, 0) is 36.4 Å². The average Bonchev–Trinajstić information content (AvgIpc) is 3.16. The van der Waals surface area contributed by atoms with Gasteiger partial charge in [0.05, 0.1) is 11.5 Å². The van der Waals surface area contributed by atoms with Crippen LogP contribution in [0.1, 0.15) is 28.1 Å². The number of Topliss-reactive ketones (excluding diaryl/α,β-unsaturated/α-hetero) is 1. The maximum atomic E-state index is 12.3. The molecule has 1 aliphatic heterocycles. The molecule has 1 fully saturated rings. The number of rotatable bonds is 3. The normalized spacial score (nSPS) is 18.2. The lowest BCUT2D eigenvalue weighted by Crippen LogP contribution is -2.09. The van der Waals surface area contributed by atoms with Crippen molar-refractivity contribution in [3.63, 3.8) is 0 Å². The first-order valence-corrected chi connectivity index (χ1v) is 7.92. The predicted molar refractivity (Wildman–Crippen MR) is 82.1 cm³/mol. The Morgan fingerprint density at radius 2 is 2.18 bits per heavy atom. The topological polar surface area (TPSA) is 52.6 Å². The predicted octanol–water partition coefficient (Wildman–Crippen LogP) is 3.68. The van der Waals surface area contributed by atoms with E-state index in [0.29, 0.717) is 22.8 Å². The van der Waals surface area contributed by atoms with Crippen LogP contribution in [0.4, 0.5) is 0 Å². The molecule has 2 aromatic rings. The van der Waals surface area contributed by atoms with Crippen molar-refractivity contribution >= 4 is 29.2 Å². The number of hydrogen-bond acceptors (Lipinski definition) is 5. The Labute approximate surface area is 131 Å². The maximum Gasteiger partial charge on any atom is 0.314 e. The summed E-state index contributed by atoms with van der Waals surface area (Å²) in [7, 11) is 0. The van der Waals surface area contributed by atoms with Gasteiger partial charge in [0.15, 0.2) is 5.76 Å². The number of allylic oxidation sites excluding steroid dienone is 1. The van der Waals surface area contributed by atoms with E-state index < -0.39 is 0 Å². The van der Waals surface area contributed by atoms with Gasteiger partial charge in [0, 0.05) is 17.0 Å². The van der Waals surface area contributed by atoms with Gasteiger partial charge in [0.25, 0.3) is 0 Å². The highest BCUT2D eigenvalue weighted by atomic mass is 32.1. The number of thiophene rings is 1. The van der Waals surface area contributed by atoms with Crippen LogP contribution in [0.15, 0.2) is 41.5 Å². The van der Waals surface area contributed by atoms with E-state index >= 15 is 0 Å². The molecule has 2 heterocycles. The number of ether oxygens (including phenoxy) is 2. The molecule has 1 aromatic carbocycles. The van der Waals surface area contributed by atoms with Crippen LogP contribution in [0.2, 0.25) is 0 Å². The molecule has 0 saturated heterocycles. The Bertz CT molecular complexity index is 785. The maximum absolute atomic E-state index is 12.3. The van der Waals surface area contributed by atoms with Crippen molar-refractivity contribution in [3.8, 4) is 11.5 Å². The largest absolute Gasteiger partial charge is 0.452 e. The minimum atomic E-state index is -0.210. The molecule has 0 bridgehead atoms. The molecule has 0 radical (unpaired) electrons. The van der Waals surface area contributed by atoms with Gasteiger partial charge in [-0.2, -0.15) is 0 Å². The summed E-state index contributed by atoms with van der Waals surface area (Å²) in [5.41, 5.74) is 0.494. The van der Waals surface area contributed by atoms with Crippen LogP contribution in [-0.4, -0.2) is 11.8 Å². The molecule has 22 heavy (non-hydrogen) atoms. The number of esters is 1. The number of carbonyl (C=O) groups excluding carboxylic acids is 2. The first-order valence-electron chi connectivity index (χ1n) is 7.04. The third-order valence-corrected chi connectivity index (χ3v) is 4.41. The van der Waals surface area contributed by atoms with Gasteiger partial charge in [-0.25, -0.2) is 0 Å². The third-order valence-electron chi connectivity index (χ3n) is 3.59. The highest BCUT2D eigenvalue weighted by molar-refractivity contribution is 7.10. The zero-order valence-electron chi connectivity index (χ0n) is 11.6. The monoisotopic (exact) mass is 312 g/mol. The van der Waals surface area contributed by atoms with E-state index in [4.69, 9.17) is 9.47 Å². The van der Waals surface area contributed by atoms with Crippen LogP contribution in [0.25, 0.3) is 6.08 Å². The van der Waals surface area contributed by atoms with E-state index in [9.17, 15) is 9.59 Å². The van der Waals surface area contributed by atoms with Crippen molar-refractivity contribution in [2.24, 2.45) is 5.92 Å². The second-order valence-electron chi connectivity index (χ2n) is 5.31. The van der Waals surface area contributed by atoms with Crippen LogP contribution in [-0.2, 0) is 4.79 Å². The fourth-order valence-electron chi connectivity index (χ4n) is 2.25. The molecule has 1 aromatic heterocycles. The Hall–Kier alpha value is -2.40. The summed E-state index contributed by atoms with van der Waals surface area (Å²) >= 11 is 1.53. The molecule has 110 valence electrons. The van der Waals surface area contributed by atoms with Crippen LogP contribution in [0.5, 0.6) is 11.5 Å². The van der Waals surface area contributed by atoms with Gasteiger partial charge in [-0.15, -0.1) is 11.3 Å². The van der Waals surface area contributed by atoms with Crippen molar-refractivity contribution in [1.82, 2.24) is 0 Å². The number of fused-ring (bicyclic) bond motifs is 1. The van der Waals surface area contributed by atoms with Gasteiger partial charge in [-0.3, -0.25) is 9.59 Å². The smallest absolute Gasteiger partial charge is 0.314 e. The summed E-state index contributed by atoms with van der Waals surface area (Å²) in [6.07, 6.45) is 3.52. The third kappa shape index (κ3) is 2.44. The summed E-state index contributed by atoms with van der Waals surface area (Å²) in [4.78, 5) is 24.9. The van der Waals surface area contributed by atoms with E-state index in [1.54, 1.807) is 24.3 Å². The van der Waals surface area contributed by atoms with Gasteiger partial charge in [0.1, 0.15) is 11.5 Å². The lowest BCUT2D eigenvalue weighted by Gasteiger charge is -2.04. The number of ketones is 1. The molecule has 0 spiro atoms. The molecule has 1 saturated carbocycles. The van der Waals surface area contributed by atoms with Crippen molar-refractivity contribution in [2.75, 3.05) is 0 Å². The zero-order chi connectivity index (χ0) is 15.1. The van der Waals surface area contributed by atoms with E-state index in [1.807, 2.05) is 17.5 Å². The fraction of sp³-hybridized carbons (Fsp3) is 0.176. The fourth-order valence-corrected chi connectivity index (χ4v) is 2.90. The summed E-state index contributed by atoms with van der Waals surface area (Å²) < 4.78 is 10.9. The highest BCUT2D eigenvalue weighted by Crippen LogP contribution is 2.36. The molecule has 2 aliphatic rings. The molecule has 1 aliphatic carbocycles. The lowest BCUT2D eigenvalue weighted by atomic mass is 10.1. The molecule has 4 rings (SSSR count).